The standard InChI is InChI=1S/C26H29N11O/c1-15-12-37-14-22(30-25(37)24(28-15)20-11-27-34-32-20)31-26(38)18-5-6-21(19-13-35(2)33-23(18)19)36-9-7-17(8-10-36)29-16-3-4-16/h5-6,11-14,16-17,29H,3-4,7-10H2,1-2H3,(H,31,38)(H,27,32,34). The molecule has 0 radical (unpaired) electrons. The second-order valence-corrected chi connectivity index (χ2v) is 10.3. The Morgan fingerprint density at radius 2 is 1.87 bits per heavy atom. The number of aryl methyl sites for hydroxylation is 2. The largest absolute Gasteiger partial charge is 0.371 e. The molecule has 12 nitrogen and oxygen atoms in total. The van der Waals surface area contributed by atoms with Gasteiger partial charge in [-0.3, -0.25) is 9.48 Å². The van der Waals surface area contributed by atoms with E-state index in [1.165, 1.54) is 12.8 Å². The van der Waals surface area contributed by atoms with E-state index in [2.05, 4.69) is 46.0 Å². The van der Waals surface area contributed by atoms with Crippen LogP contribution in [0, 0.1) is 6.92 Å². The average molecular weight is 512 g/mol. The van der Waals surface area contributed by atoms with Crippen molar-refractivity contribution in [3.05, 3.63) is 48.2 Å². The van der Waals surface area contributed by atoms with Gasteiger partial charge in [-0.25, -0.2) is 9.97 Å². The van der Waals surface area contributed by atoms with Crippen LogP contribution < -0.4 is 15.5 Å². The Kier molecular flexibility index (Phi) is 5.36. The van der Waals surface area contributed by atoms with Gasteiger partial charge in [-0.2, -0.15) is 20.5 Å². The van der Waals surface area contributed by atoms with Gasteiger partial charge in [-0.1, -0.05) is 0 Å². The Bertz CT molecular complexity index is 1640. The molecule has 0 unspecified atom stereocenters. The Balaban J connectivity index is 1.16. The maximum Gasteiger partial charge on any atom is 0.259 e. The molecule has 0 spiro atoms. The number of carbonyl (C=O) groups is 1. The van der Waals surface area contributed by atoms with E-state index in [0.717, 1.165) is 48.7 Å². The topological polar surface area (TPSA) is 134 Å². The summed E-state index contributed by atoms with van der Waals surface area (Å²) < 4.78 is 3.61. The van der Waals surface area contributed by atoms with Crippen LogP contribution in [0.1, 0.15) is 41.7 Å². The summed E-state index contributed by atoms with van der Waals surface area (Å²) in [7, 11) is 1.89. The lowest BCUT2D eigenvalue weighted by atomic mass is 10.0. The number of amides is 1. The Morgan fingerprint density at radius 1 is 1.05 bits per heavy atom. The highest BCUT2D eigenvalue weighted by Crippen LogP contribution is 2.32. The third-order valence-corrected chi connectivity index (χ3v) is 7.35. The molecule has 1 aliphatic heterocycles. The smallest absolute Gasteiger partial charge is 0.259 e. The molecule has 5 heterocycles. The minimum absolute atomic E-state index is 0.260. The van der Waals surface area contributed by atoms with Crippen LogP contribution in [0.15, 0.2) is 36.9 Å². The van der Waals surface area contributed by atoms with Crippen LogP contribution in [0.5, 0.6) is 0 Å². The van der Waals surface area contributed by atoms with Gasteiger partial charge in [0.15, 0.2) is 11.5 Å². The highest BCUT2D eigenvalue weighted by molar-refractivity contribution is 6.13. The average Bonchev–Trinajstić information content (AvgIpc) is 3.26. The number of carbonyl (C=O) groups excluding carboxylic acids is 1. The molecule has 1 saturated carbocycles. The number of nitrogens with zero attached hydrogens (tertiary/aromatic N) is 8. The van der Waals surface area contributed by atoms with Crippen LogP contribution >= 0.6 is 0 Å². The van der Waals surface area contributed by atoms with Gasteiger partial charge >= 0.3 is 0 Å². The fourth-order valence-electron chi connectivity index (χ4n) is 5.39. The number of hydrogen-bond acceptors (Lipinski definition) is 8. The van der Waals surface area contributed by atoms with E-state index in [9.17, 15) is 4.79 Å². The van der Waals surface area contributed by atoms with Crippen LogP contribution in [-0.4, -0.2) is 70.6 Å². The number of anilines is 2. The SMILES string of the molecule is Cc1cn2cc(NC(=O)c3ccc(N4CCC(NC5CC5)CC4)c4cn(C)nc34)nc2c(-c2cn[nH]n2)n1. The summed E-state index contributed by atoms with van der Waals surface area (Å²) in [6.45, 7) is 3.87. The normalized spacial score (nSPS) is 16.5. The van der Waals surface area contributed by atoms with E-state index in [0.29, 0.717) is 40.0 Å². The molecule has 2 fully saturated rings. The predicted molar refractivity (Wildman–Crippen MR) is 143 cm³/mol. The van der Waals surface area contributed by atoms with Crippen molar-refractivity contribution in [1.29, 1.82) is 0 Å². The number of hydrogen-bond donors (Lipinski definition) is 3. The first-order chi connectivity index (χ1) is 18.5. The minimum Gasteiger partial charge on any atom is -0.371 e. The molecule has 1 saturated heterocycles. The second-order valence-electron chi connectivity index (χ2n) is 10.3. The molecular formula is C26H29N11O. The molecule has 12 heteroatoms. The third kappa shape index (κ3) is 4.16. The van der Waals surface area contributed by atoms with Crippen molar-refractivity contribution >= 4 is 34.0 Å². The number of rotatable bonds is 6. The number of benzene rings is 1. The first kappa shape index (κ1) is 22.8. The van der Waals surface area contributed by atoms with E-state index in [1.807, 2.05) is 42.9 Å². The molecule has 5 aromatic rings. The predicted octanol–water partition coefficient (Wildman–Crippen LogP) is 2.68. The lowest BCUT2D eigenvalue weighted by Crippen LogP contribution is -2.43. The molecule has 1 amide bonds. The first-order valence-corrected chi connectivity index (χ1v) is 13.0. The van der Waals surface area contributed by atoms with E-state index in [4.69, 9.17) is 0 Å². The maximum atomic E-state index is 13.5. The first-order valence-electron chi connectivity index (χ1n) is 13.0. The molecule has 1 aromatic carbocycles. The zero-order chi connectivity index (χ0) is 25.8. The van der Waals surface area contributed by atoms with Gasteiger partial charge in [-0.15, -0.1) is 0 Å². The minimum atomic E-state index is -0.260. The van der Waals surface area contributed by atoms with E-state index < -0.39 is 0 Å². The number of piperidine rings is 1. The van der Waals surface area contributed by atoms with Gasteiger partial charge in [0.05, 0.1) is 23.7 Å². The van der Waals surface area contributed by atoms with Crippen molar-refractivity contribution < 1.29 is 4.79 Å². The fraction of sp³-hybridized carbons (Fsp3) is 0.385. The summed E-state index contributed by atoms with van der Waals surface area (Å²) in [6, 6.07) is 5.25. The van der Waals surface area contributed by atoms with Crippen LogP contribution in [-0.2, 0) is 7.05 Å². The highest BCUT2D eigenvalue weighted by atomic mass is 16.1. The lowest BCUT2D eigenvalue weighted by Gasteiger charge is -2.34. The molecule has 2 aliphatic rings. The molecule has 0 atom stereocenters. The van der Waals surface area contributed by atoms with Crippen LogP contribution in [0.25, 0.3) is 27.9 Å². The molecular weight excluding hydrogens is 482 g/mol. The van der Waals surface area contributed by atoms with Gasteiger partial charge in [-0.05, 0) is 44.7 Å². The van der Waals surface area contributed by atoms with Crippen molar-refractivity contribution in [1.82, 2.24) is 44.9 Å². The molecule has 7 rings (SSSR count). The van der Waals surface area contributed by atoms with Crippen LogP contribution in [0.2, 0.25) is 0 Å². The van der Waals surface area contributed by atoms with Crippen molar-refractivity contribution in [3.8, 4) is 11.4 Å². The summed E-state index contributed by atoms with van der Waals surface area (Å²) in [5, 5.41) is 23.0. The molecule has 194 valence electrons. The van der Waals surface area contributed by atoms with Crippen LogP contribution in [0.4, 0.5) is 11.5 Å². The molecule has 3 N–H and O–H groups in total. The number of H-pyrrole nitrogens is 1. The highest BCUT2D eigenvalue weighted by Gasteiger charge is 2.28. The Hall–Kier alpha value is -4.32. The number of fused-ring (bicyclic) bond motifs is 2. The Morgan fingerprint density at radius 3 is 2.63 bits per heavy atom. The van der Waals surface area contributed by atoms with E-state index >= 15 is 0 Å². The van der Waals surface area contributed by atoms with Crippen molar-refractivity contribution in [3.63, 3.8) is 0 Å². The van der Waals surface area contributed by atoms with E-state index in [-0.39, 0.29) is 5.91 Å². The van der Waals surface area contributed by atoms with Gasteiger partial charge in [0, 0.05) is 55.7 Å². The maximum absolute atomic E-state index is 13.5. The van der Waals surface area contributed by atoms with E-state index in [1.54, 1.807) is 17.1 Å². The number of imidazole rings is 1. The quantitative estimate of drug-likeness (QED) is 0.317. The zero-order valence-electron chi connectivity index (χ0n) is 21.3. The van der Waals surface area contributed by atoms with Gasteiger partial charge < -0.3 is 19.9 Å². The fourth-order valence-corrected chi connectivity index (χ4v) is 5.39. The van der Waals surface area contributed by atoms with Crippen molar-refractivity contribution in [2.24, 2.45) is 7.05 Å². The summed E-state index contributed by atoms with van der Waals surface area (Å²) in [6.07, 6.45) is 12.1. The molecule has 1 aliphatic carbocycles. The van der Waals surface area contributed by atoms with Crippen molar-refractivity contribution in [2.45, 2.75) is 44.7 Å². The van der Waals surface area contributed by atoms with Crippen LogP contribution in [0.3, 0.4) is 0 Å². The third-order valence-electron chi connectivity index (χ3n) is 7.35. The van der Waals surface area contributed by atoms with Crippen molar-refractivity contribution in [2.75, 3.05) is 23.3 Å². The summed E-state index contributed by atoms with van der Waals surface area (Å²) in [5.41, 5.74) is 4.87. The second kappa shape index (κ2) is 8.91. The summed E-state index contributed by atoms with van der Waals surface area (Å²) >= 11 is 0. The number of aromatic nitrogens is 8. The molecule has 38 heavy (non-hydrogen) atoms. The summed E-state index contributed by atoms with van der Waals surface area (Å²) in [5.74, 6) is 0.161. The summed E-state index contributed by atoms with van der Waals surface area (Å²) in [4.78, 5) is 25.1. The van der Waals surface area contributed by atoms with Gasteiger partial charge in [0.2, 0.25) is 0 Å². The Labute approximate surface area is 218 Å². The monoisotopic (exact) mass is 511 g/mol. The number of aromatic amines is 1. The van der Waals surface area contributed by atoms with Gasteiger partial charge in [0.1, 0.15) is 16.9 Å². The molecule has 0 bridgehead atoms. The molecule has 4 aromatic heterocycles. The lowest BCUT2D eigenvalue weighted by molar-refractivity contribution is 0.102. The number of nitrogens with one attached hydrogen (secondary N) is 3. The zero-order valence-corrected chi connectivity index (χ0v) is 21.3. The van der Waals surface area contributed by atoms with Gasteiger partial charge in [0.25, 0.3) is 5.91 Å².